The molecule has 124 valence electrons. The average molecular weight is 305 g/mol. The topological polar surface area (TPSA) is 30.5 Å². The van der Waals surface area contributed by atoms with Gasteiger partial charge in [-0.05, 0) is 42.4 Å². The van der Waals surface area contributed by atoms with E-state index in [9.17, 15) is 0 Å². The minimum atomic E-state index is 0.370. The van der Waals surface area contributed by atoms with Crippen LogP contribution in [0.5, 0.6) is 5.75 Å². The van der Waals surface area contributed by atoms with Crippen molar-refractivity contribution in [3.05, 3.63) is 29.8 Å². The molecule has 1 aromatic rings. The molecule has 3 heteroatoms. The highest BCUT2D eigenvalue weighted by Crippen LogP contribution is 2.28. The SMILES string of the molecule is COc1ccc(CNC2CC(C(C)C)OC(C(C)C)C2)cc1. The van der Waals surface area contributed by atoms with E-state index in [1.807, 2.05) is 12.1 Å². The van der Waals surface area contributed by atoms with Crippen molar-refractivity contribution in [1.29, 1.82) is 0 Å². The summed E-state index contributed by atoms with van der Waals surface area (Å²) in [4.78, 5) is 0. The van der Waals surface area contributed by atoms with Gasteiger partial charge in [0.2, 0.25) is 0 Å². The minimum Gasteiger partial charge on any atom is -0.497 e. The van der Waals surface area contributed by atoms with Gasteiger partial charge in [0.1, 0.15) is 5.75 Å². The smallest absolute Gasteiger partial charge is 0.118 e. The summed E-state index contributed by atoms with van der Waals surface area (Å²) in [6, 6.07) is 8.84. The Morgan fingerprint density at radius 3 is 2.05 bits per heavy atom. The van der Waals surface area contributed by atoms with Gasteiger partial charge in [0.05, 0.1) is 19.3 Å². The maximum Gasteiger partial charge on any atom is 0.118 e. The van der Waals surface area contributed by atoms with Crippen molar-refractivity contribution in [3.8, 4) is 5.75 Å². The van der Waals surface area contributed by atoms with Crippen LogP contribution in [0.2, 0.25) is 0 Å². The summed E-state index contributed by atoms with van der Waals surface area (Å²) in [5, 5.41) is 3.72. The first-order valence-corrected chi connectivity index (χ1v) is 8.51. The molecule has 22 heavy (non-hydrogen) atoms. The van der Waals surface area contributed by atoms with Crippen molar-refractivity contribution < 1.29 is 9.47 Å². The maximum atomic E-state index is 6.27. The van der Waals surface area contributed by atoms with E-state index in [1.165, 1.54) is 5.56 Å². The zero-order chi connectivity index (χ0) is 16.1. The van der Waals surface area contributed by atoms with Gasteiger partial charge in [-0.1, -0.05) is 39.8 Å². The van der Waals surface area contributed by atoms with Crippen LogP contribution in [-0.4, -0.2) is 25.4 Å². The normalized spacial score (nSPS) is 25.7. The van der Waals surface area contributed by atoms with Gasteiger partial charge in [0.25, 0.3) is 0 Å². The van der Waals surface area contributed by atoms with Gasteiger partial charge in [-0.15, -0.1) is 0 Å². The van der Waals surface area contributed by atoms with E-state index in [4.69, 9.17) is 9.47 Å². The predicted molar refractivity (Wildman–Crippen MR) is 91.2 cm³/mol. The van der Waals surface area contributed by atoms with Gasteiger partial charge in [0, 0.05) is 12.6 Å². The highest BCUT2D eigenvalue weighted by molar-refractivity contribution is 5.27. The second kappa shape index (κ2) is 7.98. The number of rotatable bonds is 6. The molecule has 0 aliphatic carbocycles. The first-order valence-electron chi connectivity index (χ1n) is 8.51. The number of nitrogens with one attached hydrogen (secondary N) is 1. The molecule has 1 aromatic carbocycles. The van der Waals surface area contributed by atoms with Crippen molar-refractivity contribution in [1.82, 2.24) is 5.32 Å². The van der Waals surface area contributed by atoms with Gasteiger partial charge in [0.15, 0.2) is 0 Å². The van der Waals surface area contributed by atoms with Crippen LogP contribution in [0.1, 0.15) is 46.1 Å². The third kappa shape index (κ3) is 4.72. The molecule has 2 rings (SSSR count). The predicted octanol–water partition coefficient (Wildman–Crippen LogP) is 4.01. The summed E-state index contributed by atoms with van der Waals surface area (Å²) in [5.41, 5.74) is 1.30. The van der Waals surface area contributed by atoms with E-state index in [-0.39, 0.29) is 0 Å². The number of methoxy groups -OCH3 is 1. The Morgan fingerprint density at radius 2 is 1.59 bits per heavy atom. The lowest BCUT2D eigenvalue weighted by atomic mass is 9.88. The van der Waals surface area contributed by atoms with E-state index in [2.05, 4.69) is 45.1 Å². The zero-order valence-electron chi connectivity index (χ0n) is 14.6. The van der Waals surface area contributed by atoms with Gasteiger partial charge >= 0.3 is 0 Å². The standard InChI is InChI=1S/C19H31NO2/c1-13(2)18-10-16(11-19(22-18)14(3)4)20-12-15-6-8-17(21-5)9-7-15/h6-9,13-14,16,18-20H,10-12H2,1-5H3. The lowest BCUT2D eigenvalue weighted by Gasteiger charge is -2.39. The highest BCUT2D eigenvalue weighted by atomic mass is 16.5. The van der Waals surface area contributed by atoms with Crippen molar-refractivity contribution in [2.75, 3.05) is 7.11 Å². The molecule has 2 unspecified atom stereocenters. The summed E-state index contributed by atoms with van der Waals surface area (Å²) in [7, 11) is 1.70. The Morgan fingerprint density at radius 1 is 1.05 bits per heavy atom. The molecule has 0 aromatic heterocycles. The van der Waals surface area contributed by atoms with Crippen molar-refractivity contribution in [2.24, 2.45) is 11.8 Å². The van der Waals surface area contributed by atoms with Crippen LogP contribution >= 0.6 is 0 Å². The van der Waals surface area contributed by atoms with Crippen LogP contribution in [0.25, 0.3) is 0 Å². The highest BCUT2D eigenvalue weighted by Gasteiger charge is 2.32. The molecule has 3 nitrogen and oxygen atoms in total. The summed E-state index contributed by atoms with van der Waals surface area (Å²) >= 11 is 0. The fourth-order valence-corrected chi connectivity index (χ4v) is 3.02. The molecular formula is C19H31NO2. The third-order valence-electron chi connectivity index (χ3n) is 4.62. The van der Waals surface area contributed by atoms with Gasteiger partial charge in [-0.3, -0.25) is 0 Å². The van der Waals surface area contributed by atoms with E-state index >= 15 is 0 Å². The van der Waals surface area contributed by atoms with Crippen molar-refractivity contribution in [3.63, 3.8) is 0 Å². The summed E-state index contributed by atoms with van der Waals surface area (Å²) in [6.07, 6.45) is 2.96. The molecule has 1 fully saturated rings. The van der Waals surface area contributed by atoms with Crippen LogP contribution < -0.4 is 10.1 Å². The zero-order valence-corrected chi connectivity index (χ0v) is 14.6. The number of hydrogen-bond acceptors (Lipinski definition) is 3. The summed E-state index contributed by atoms with van der Waals surface area (Å²) in [6.45, 7) is 9.94. The molecule has 1 N–H and O–H groups in total. The Hall–Kier alpha value is -1.06. The van der Waals surface area contributed by atoms with Crippen molar-refractivity contribution >= 4 is 0 Å². The second-order valence-corrected chi connectivity index (χ2v) is 7.10. The van der Waals surface area contributed by atoms with Crippen LogP contribution in [0.3, 0.4) is 0 Å². The molecular weight excluding hydrogens is 274 g/mol. The molecule has 0 saturated carbocycles. The molecule has 2 atom stereocenters. The lowest BCUT2D eigenvalue weighted by Crippen LogP contribution is -2.46. The maximum absolute atomic E-state index is 6.27. The molecule has 0 amide bonds. The van der Waals surface area contributed by atoms with E-state index in [0.717, 1.165) is 25.1 Å². The Balaban J connectivity index is 1.92. The quantitative estimate of drug-likeness (QED) is 0.861. The first-order chi connectivity index (χ1) is 10.5. The summed E-state index contributed by atoms with van der Waals surface area (Å²) in [5.74, 6) is 2.06. The minimum absolute atomic E-state index is 0.370. The summed E-state index contributed by atoms with van der Waals surface area (Å²) < 4.78 is 11.5. The van der Waals surface area contributed by atoms with Crippen LogP contribution in [0, 0.1) is 11.8 Å². The lowest BCUT2D eigenvalue weighted by molar-refractivity contribution is -0.0995. The third-order valence-corrected chi connectivity index (χ3v) is 4.62. The Labute approximate surface area is 135 Å². The fourth-order valence-electron chi connectivity index (χ4n) is 3.02. The van der Waals surface area contributed by atoms with Crippen molar-refractivity contribution in [2.45, 2.75) is 65.3 Å². The molecule has 1 heterocycles. The molecule has 0 radical (unpaired) electrons. The largest absolute Gasteiger partial charge is 0.497 e. The number of ether oxygens (including phenoxy) is 2. The van der Waals surface area contributed by atoms with E-state index in [1.54, 1.807) is 7.11 Å². The van der Waals surface area contributed by atoms with E-state index < -0.39 is 0 Å². The molecule has 0 spiro atoms. The number of benzene rings is 1. The van der Waals surface area contributed by atoms with Crippen LogP contribution in [0.15, 0.2) is 24.3 Å². The second-order valence-electron chi connectivity index (χ2n) is 7.10. The first kappa shape index (κ1) is 17.3. The van der Waals surface area contributed by atoms with E-state index in [0.29, 0.717) is 30.1 Å². The number of hydrogen-bond donors (Lipinski definition) is 1. The van der Waals surface area contributed by atoms with Crippen LogP contribution in [0.4, 0.5) is 0 Å². The molecule has 0 bridgehead atoms. The molecule has 1 aliphatic heterocycles. The monoisotopic (exact) mass is 305 g/mol. The molecule has 1 aliphatic rings. The molecule has 1 saturated heterocycles. The Kier molecular flexibility index (Phi) is 6.27. The average Bonchev–Trinajstić information content (AvgIpc) is 2.53. The van der Waals surface area contributed by atoms with Gasteiger partial charge in [-0.2, -0.15) is 0 Å². The fraction of sp³-hybridized carbons (Fsp3) is 0.684. The van der Waals surface area contributed by atoms with Gasteiger partial charge < -0.3 is 14.8 Å². The van der Waals surface area contributed by atoms with Gasteiger partial charge in [-0.25, -0.2) is 0 Å². The van der Waals surface area contributed by atoms with Crippen LogP contribution in [-0.2, 0) is 11.3 Å². The Bertz CT molecular complexity index is 425.